The number of nitrogens with zero attached hydrogens (tertiary/aromatic N) is 3. The molecule has 4 rings (SSSR count). The van der Waals surface area contributed by atoms with E-state index in [-0.39, 0.29) is 12.1 Å². The number of nitrogens with one attached hydrogen (secondary N) is 1. The molecule has 1 N–H and O–H groups in total. The van der Waals surface area contributed by atoms with Crippen molar-refractivity contribution in [2.75, 3.05) is 23.3 Å². The number of hydrogen-bond acceptors (Lipinski definition) is 4. The number of pyridine rings is 1. The van der Waals surface area contributed by atoms with Gasteiger partial charge >= 0.3 is 6.18 Å². The zero-order valence-corrected chi connectivity index (χ0v) is 16.0. The molecule has 5 nitrogen and oxygen atoms in total. The molecule has 29 heavy (non-hydrogen) atoms. The Kier molecular flexibility index (Phi) is 4.94. The fourth-order valence-electron chi connectivity index (χ4n) is 3.62. The van der Waals surface area contributed by atoms with Gasteiger partial charge < -0.3 is 10.2 Å². The molecular formula is C21H21F3N4O. The van der Waals surface area contributed by atoms with Crippen molar-refractivity contribution in [2.24, 2.45) is 0 Å². The molecule has 3 heterocycles. The second kappa shape index (κ2) is 7.42. The quantitative estimate of drug-likeness (QED) is 0.710. The third-order valence-corrected chi connectivity index (χ3v) is 5.09. The van der Waals surface area contributed by atoms with Crippen LogP contribution in [-0.4, -0.2) is 22.5 Å². The van der Waals surface area contributed by atoms with Gasteiger partial charge in [-0.25, -0.2) is 4.98 Å². The summed E-state index contributed by atoms with van der Waals surface area (Å²) < 4.78 is 41.1. The molecule has 0 bridgehead atoms. The highest BCUT2D eigenvalue weighted by molar-refractivity contribution is 5.71. The number of anilines is 2. The first kappa shape index (κ1) is 19.3. The fraction of sp³-hybridized carbons (Fsp3) is 0.333. The zero-order valence-electron chi connectivity index (χ0n) is 16.0. The number of fused-ring (bicyclic) bond motifs is 1. The zero-order chi connectivity index (χ0) is 20.6. The van der Waals surface area contributed by atoms with Gasteiger partial charge in [0.2, 0.25) is 0 Å². The van der Waals surface area contributed by atoms with E-state index in [9.17, 15) is 18.0 Å². The van der Waals surface area contributed by atoms with Crippen molar-refractivity contribution in [3.05, 3.63) is 69.8 Å². The van der Waals surface area contributed by atoms with E-state index in [2.05, 4.69) is 15.2 Å². The molecule has 1 fully saturated rings. The molecular weight excluding hydrogens is 381 g/mol. The van der Waals surface area contributed by atoms with Crippen LogP contribution in [0, 0.1) is 6.92 Å². The van der Waals surface area contributed by atoms with Crippen molar-refractivity contribution in [3.63, 3.8) is 0 Å². The minimum absolute atomic E-state index is 0.155. The first-order chi connectivity index (χ1) is 13.8. The maximum absolute atomic E-state index is 13.2. The number of aryl methyl sites for hydroxylation is 1. The van der Waals surface area contributed by atoms with E-state index in [1.807, 2.05) is 13.0 Å². The Balaban J connectivity index is 1.65. The lowest BCUT2D eigenvalue weighted by molar-refractivity contribution is -0.137. The van der Waals surface area contributed by atoms with Crippen LogP contribution in [0.5, 0.6) is 0 Å². The molecule has 0 unspecified atom stereocenters. The van der Waals surface area contributed by atoms with Gasteiger partial charge in [-0.05, 0) is 49.6 Å². The Morgan fingerprint density at radius 3 is 2.59 bits per heavy atom. The maximum Gasteiger partial charge on any atom is 0.416 e. The molecule has 0 saturated carbocycles. The SMILES string of the molecule is Cc1ccc2nc(CNc3cc(C(F)(F)F)ccc3N3CCCC3)cc(=O)n2c1. The second-order valence-electron chi connectivity index (χ2n) is 7.30. The number of aromatic nitrogens is 2. The Labute approximate surface area is 165 Å². The molecule has 1 saturated heterocycles. The summed E-state index contributed by atoms with van der Waals surface area (Å²) in [5.74, 6) is 0. The monoisotopic (exact) mass is 402 g/mol. The van der Waals surface area contributed by atoms with Crippen molar-refractivity contribution in [1.29, 1.82) is 0 Å². The normalized spacial score (nSPS) is 14.6. The van der Waals surface area contributed by atoms with Gasteiger partial charge in [0.05, 0.1) is 29.2 Å². The molecule has 0 amide bonds. The molecule has 3 aromatic rings. The van der Waals surface area contributed by atoms with Crippen molar-refractivity contribution in [2.45, 2.75) is 32.5 Å². The van der Waals surface area contributed by atoms with E-state index in [0.717, 1.165) is 49.3 Å². The lowest BCUT2D eigenvalue weighted by atomic mass is 10.1. The first-order valence-corrected chi connectivity index (χ1v) is 9.50. The Bertz CT molecular complexity index is 1100. The summed E-state index contributed by atoms with van der Waals surface area (Å²) in [6.07, 6.45) is -0.677. The maximum atomic E-state index is 13.2. The van der Waals surface area contributed by atoms with Crippen LogP contribution >= 0.6 is 0 Å². The van der Waals surface area contributed by atoms with Gasteiger partial charge in [0.25, 0.3) is 5.56 Å². The molecule has 2 aromatic heterocycles. The van der Waals surface area contributed by atoms with Crippen molar-refractivity contribution in [1.82, 2.24) is 9.38 Å². The van der Waals surface area contributed by atoms with Crippen LogP contribution in [-0.2, 0) is 12.7 Å². The van der Waals surface area contributed by atoms with Crippen molar-refractivity contribution >= 4 is 17.0 Å². The Morgan fingerprint density at radius 1 is 1.10 bits per heavy atom. The third kappa shape index (κ3) is 4.06. The summed E-state index contributed by atoms with van der Waals surface area (Å²) in [6.45, 7) is 3.67. The standard InChI is InChI=1S/C21H21F3N4O/c1-14-4-7-19-26-16(11-20(29)28(19)13-14)12-25-17-10-15(21(22,23)24)5-6-18(17)27-8-2-3-9-27/h4-7,10-11,13,25H,2-3,8-9,12H2,1H3. The highest BCUT2D eigenvalue weighted by Gasteiger charge is 2.31. The molecule has 0 atom stereocenters. The predicted molar refractivity (Wildman–Crippen MR) is 106 cm³/mol. The number of rotatable bonds is 4. The van der Waals surface area contributed by atoms with Gasteiger partial charge in [0.15, 0.2) is 0 Å². The number of alkyl halides is 3. The smallest absolute Gasteiger partial charge is 0.378 e. The highest BCUT2D eigenvalue weighted by Crippen LogP contribution is 2.36. The van der Waals surface area contributed by atoms with Crippen LogP contribution in [0.2, 0.25) is 0 Å². The average molecular weight is 402 g/mol. The summed E-state index contributed by atoms with van der Waals surface area (Å²) >= 11 is 0. The summed E-state index contributed by atoms with van der Waals surface area (Å²) in [5, 5.41) is 3.07. The van der Waals surface area contributed by atoms with Crippen LogP contribution in [0.15, 0.2) is 47.4 Å². The van der Waals surface area contributed by atoms with Gasteiger partial charge in [-0.15, -0.1) is 0 Å². The Morgan fingerprint density at radius 2 is 1.86 bits per heavy atom. The molecule has 1 aromatic carbocycles. The number of hydrogen-bond donors (Lipinski definition) is 1. The number of benzene rings is 1. The molecule has 1 aliphatic heterocycles. The molecule has 0 radical (unpaired) electrons. The minimum Gasteiger partial charge on any atom is -0.378 e. The van der Waals surface area contributed by atoms with Crippen LogP contribution in [0.3, 0.4) is 0 Å². The molecule has 8 heteroatoms. The number of halogens is 3. The van der Waals surface area contributed by atoms with Crippen LogP contribution in [0.4, 0.5) is 24.5 Å². The molecule has 0 aliphatic carbocycles. The van der Waals surface area contributed by atoms with E-state index < -0.39 is 11.7 Å². The Hall–Kier alpha value is -3.03. The van der Waals surface area contributed by atoms with Crippen LogP contribution < -0.4 is 15.8 Å². The highest BCUT2D eigenvalue weighted by atomic mass is 19.4. The van der Waals surface area contributed by atoms with Gasteiger partial charge in [-0.3, -0.25) is 9.20 Å². The van der Waals surface area contributed by atoms with Crippen molar-refractivity contribution < 1.29 is 13.2 Å². The summed E-state index contributed by atoms with van der Waals surface area (Å²) in [7, 11) is 0. The fourth-order valence-corrected chi connectivity index (χ4v) is 3.62. The largest absolute Gasteiger partial charge is 0.416 e. The summed E-state index contributed by atoms with van der Waals surface area (Å²) in [6, 6.07) is 8.77. The van der Waals surface area contributed by atoms with Gasteiger partial charge in [0, 0.05) is 25.4 Å². The summed E-state index contributed by atoms with van der Waals surface area (Å²) in [4.78, 5) is 18.9. The van der Waals surface area contributed by atoms with E-state index in [1.165, 1.54) is 16.5 Å². The van der Waals surface area contributed by atoms with Crippen molar-refractivity contribution in [3.8, 4) is 0 Å². The lowest BCUT2D eigenvalue weighted by Gasteiger charge is -2.23. The first-order valence-electron chi connectivity index (χ1n) is 9.50. The van der Waals surface area contributed by atoms with Crippen LogP contribution in [0.1, 0.15) is 29.7 Å². The topological polar surface area (TPSA) is 49.6 Å². The second-order valence-corrected chi connectivity index (χ2v) is 7.30. The lowest BCUT2D eigenvalue weighted by Crippen LogP contribution is -2.21. The van der Waals surface area contributed by atoms with E-state index in [4.69, 9.17) is 0 Å². The van der Waals surface area contributed by atoms with E-state index in [0.29, 0.717) is 17.0 Å². The van der Waals surface area contributed by atoms with Gasteiger partial charge in [0.1, 0.15) is 5.65 Å². The molecule has 0 spiro atoms. The third-order valence-electron chi connectivity index (χ3n) is 5.09. The van der Waals surface area contributed by atoms with Crippen LogP contribution in [0.25, 0.3) is 5.65 Å². The molecule has 1 aliphatic rings. The van der Waals surface area contributed by atoms with E-state index >= 15 is 0 Å². The predicted octanol–water partition coefficient (Wildman–Crippen LogP) is 4.23. The minimum atomic E-state index is -4.42. The van der Waals surface area contributed by atoms with Gasteiger partial charge in [-0.2, -0.15) is 13.2 Å². The summed E-state index contributed by atoms with van der Waals surface area (Å²) in [5.41, 5.74) is 2.12. The molecule has 152 valence electrons. The average Bonchev–Trinajstić information content (AvgIpc) is 3.20. The van der Waals surface area contributed by atoms with Gasteiger partial charge in [-0.1, -0.05) is 6.07 Å². The van der Waals surface area contributed by atoms with E-state index in [1.54, 1.807) is 12.3 Å².